The Balaban J connectivity index is 1.22. The minimum atomic E-state index is -0.382. The lowest BCUT2D eigenvalue weighted by molar-refractivity contribution is -0.131. The molecule has 50 heavy (non-hydrogen) atoms. The summed E-state index contributed by atoms with van der Waals surface area (Å²) in [7, 11) is 0. The number of nitrogens with zero attached hydrogens (tertiary/aromatic N) is 7. The first-order chi connectivity index (χ1) is 24.6. The molecule has 0 aliphatic heterocycles. The Morgan fingerprint density at radius 1 is 0.580 bits per heavy atom. The predicted molar refractivity (Wildman–Crippen MR) is 189 cm³/mol. The van der Waals surface area contributed by atoms with E-state index in [-0.39, 0.29) is 5.97 Å². The summed E-state index contributed by atoms with van der Waals surface area (Å²) in [6.07, 6.45) is 0. The molecule has 3 aromatic heterocycles. The Morgan fingerprint density at radius 3 is 1.62 bits per heavy atom. The Kier molecular flexibility index (Phi) is 8.03. The number of aromatic nitrogens is 9. The van der Waals surface area contributed by atoms with Crippen molar-refractivity contribution in [1.82, 2.24) is 45.1 Å². The summed E-state index contributed by atoms with van der Waals surface area (Å²) < 4.78 is 7.13. The third kappa shape index (κ3) is 6.43. The lowest BCUT2D eigenvalue weighted by atomic mass is 10.0. The van der Waals surface area contributed by atoms with Crippen LogP contribution in [-0.4, -0.2) is 51.1 Å². The standard InChI is InChI=1S/C39H29N9O2/c1-25(49)50-33-19-17-30(18-20-33)39-42-38(29-15-9-4-10-16-29)47-48(39)24-26-21-31(36-40-34(43-45-36)27-11-5-2-6-12-27)23-32(22-26)37-41-35(44-46-37)28-13-7-3-8-14-28/h2-23H,24H2,1H3,(H,40,43,45)(H,41,44,46). The average molecular weight is 656 g/mol. The van der Waals surface area contributed by atoms with E-state index in [2.05, 4.69) is 20.4 Å². The molecule has 3 heterocycles. The second kappa shape index (κ2) is 13.2. The van der Waals surface area contributed by atoms with Crippen LogP contribution in [0.3, 0.4) is 0 Å². The molecule has 8 rings (SSSR count). The van der Waals surface area contributed by atoms with Crippen LogP contribution in [0.5, 0.6) is 5.75 Å². The highest BCUT2D eigenvalue weighted by atomic mass is 16.5. The zero-order valence-electron chi connectivity index (χ0n) is 26.9. The molecule has 11 heteroatoms. The Labute approximate surface area is 286 Å². The fourth-order valence-electron chi connectivity index (χ4n) is 5.66. The summed E-state index contributed by atoms with van der Waals surface area (Å²) in [5.74, 6) is 3.72. The van der Waals surface area contributed by atoms with Crippen molar-refractivity contribution in [1.29, 1.82) is 0 Å². The molecule has 11 nitrogen and oxygen atoms in total. The summed E-state index contributed by atoms with van der Waals surface area (Å²) >= 11 is 0. The van der Waals surface area contributed by atoms with Crippen LogP contribution >= 0.6 is 0 Å². The number of hydrogen-bond donors (Lipinski definition) is 2. The summed E-state index contributed by atoms with van der Waals surface area (Å²) in [4.78, 5) is 26.2. The average Bonchev–Trinajstić information content (AvgIpc) is 3.94. The van der Waals surface area contributed by atoms with Crippen LogP contribution in [0, 0.1) is 0 Å². The number of carbonyl (C=O) groups excluding carboxylic acids is 1. The van der Waals surface area contributed by atoms with Crippen LogP contribution in [0.2, 0.25) is 0 Å². The molecule has 0 aliphatic carbocycles. The van der Waals surface area contributed by atoms with Crippen LogP contribution in [0.1, 0.15) is 12.5 Å². The summed E-state index contributed by atoms with van der Waals surface area (Å²) in [6, 6.07) is 42.9. The Hall–Kier alpha value is -7.01. The summed E-state index contributed by atoms with van der Waals surface area (Å²) in [5, 5.41) is 20.3. The molecule has 8 aromatic rings. The Morgan fingerprint density at radius 2 is 1.10 bits per heavy atom. The van der Waals surface area contributed by atoms with Gasteiger partial charge in [-0.05, 0) is 48.0 Å². The van der Waals surface area contributed by atoms with Gasteiger partial charge < -0.3 is 4.74 Å². The second-order valence-electron chi connectivity index (χ2n) is 11.6. The first-order valence-electron chi connectivity index (χ1n) is 16.0. The van der Waals surface area contributed by atoms with E-state index < -0.39 is 0 Å². The van der Waals surface area contributed by atoms with Crippen LogP contribution in [0.15, 0.2) is 133 Å². The van der Waals surface area contributed by atoms with E-state index in [4.69, 9.17) is 24.8 Å². The van der Waals surface area contributed by atoms with E-state index in [0.717, 1.165) is 38.9 Å². The predicted octanol–water partition coefficient (Wildman–Crippen LogP) is 7.49. The van der Waals surface area contributed by atoms with Crippen molar-refractivity contribution in [2.45, 2.75) is 13.5 Å². The molecule has 242 valence electrons. The van der Waals surface area contributed by atoms with Crippen LogP contribution in [-0.2, 0) is 11.3 Å². The van der Waals surface area contributed by atoms with Crippen molar-refractivity contribution in [2.75, 3.05) is 0 Å². The van der Waals surface area contributed by atoms with E-state index >= 15 is 0 Å². The maximum atomic E-state index is 11.5. The van der Waals surface area contributed by atoms with Crippen molar-refractivity contribution >= 4 is 5.97 Å². The summed E-state index contributed by atoms with van der Waals surface area (Å²) in [5.41, 5.74) is 6.07. The van der Waals surface area contributed by atoms with Gasteiger partial charge in [0.1, 0.15) is 5.75 Å². The topological polar surface area (TPSA) is 140 Å². The second-order valence-corrected chi connectivity index (χ2v) is 11.6. The molecule has 5 aromatic carbocycles. The number of rotatable bonds is 9. The molecule has 0 atom stereocenters. The maximum Gasteiger partial charge on any atom is 0.308 e. The molecule has 0 saturated carbocycles. The van der Waals surface area contributed by atoms with Crippen LogP contribution in [0.25, 0.3) is 68.3 Å². The largest absolute Gasteiger partial charge is 0.427 e. The third-order valence-corrected chi connectivity index (χ3v) is 7.98. The number of nitrogens with one attached hydrogen (secondary N) is 2. The number of carbonyl (C=O) groups is 1. The van der Waals surface area contributed by atoms with Gasteiger partial charge in [-0.3, -0.25) is 15.0 Å². The smallest absolute Gasteiger partial charge is 0.308 e. The first-order valence-corrected chi connectivity index (χ1v) is 16.0. The number of ether oxygens (including phenoxy) is 1. The fraction of sp³-hybridized carbons (Fsp3) is 0.0513. The minimum absolute atomic E-state index is 0.369. The van der Waals surface area contributed by atoms with Gasteiger partial charge in [0.2, 0.25) is 0 Å². The normalized spacial score (nSPS) is 11.1. The zero-order chi connectivity index (χ0) is 33.9. The molecule has 2 N–H and O–H groups in total. The van der Waals surface area contributed by atoms with Crippen molar-refractivity contribution in [3.8, 4) is 74.1 Å². The monoisotopic (exact) mass is 655 g/mol. The van der Waals surface area contributed by atoms with Gasteiger partial charge in [0.05, 0.1) is 6.54 Å². The van der Waals surface area contributed by atoms with Crippen LogP contribution in [0.4, 0.5) is 0 Å². The lowest BCUT2D eigenvalue weighted by Gasteiger charge is -2.10. The molecule has 0 amide bonds. The molecule has 0 unspecified atom stereocenters. The van der Waals surface area contributed by atoms with Gasteiger partial charge in [-0.1, -0.05) is 91.0 Å². The van der Waals surface area contributed by atoms with Crippen molar-refractivity contribution in [2.24, 2.45) is 0 Å². The van der Waals surface area contributed by atoms with Gasteiger partial charge >= 0.3 is 5.97 Å². The highest BCUT2D eigenvalue weighted by Gasteiger charge is 2.18. The molecule has 0 bridgehead atoms. The fourth-order valence-corrected chi connectivity index (χ4v) is 5.66. The number of hydrogen-bond acceptors (Lipinski definition) is 8. The van der Waals surface area contributed by atoms with Crippen molar-refractivity contribution in [3.05, 3.63) is 139 Å². The number of aromatic amines is 2. The van der Waals surface area contributed by atoms with E-state index in [0.29, 0.717) is 47.2 Å². The molecule has 0 aliphatic rings. The van der Waals surface area contributed by atoms with E-state index in [1.165, 1.54) is 6.92 Å². The van der Waals surface area contributed by atoms with Crippen LogP contribution < -0.4 is 4.74 Å². The number of esters is 1. The Bertz CT molecular complexity index is 2300. The molecule has 0 spiro atoms. The van der Waals surface area contributed by atoms with Gasteiger partial charge in [0, 0.05) is 40.3 Å². The number of benzene rings is 5. The summed E-state index contributed by atoms with van der Waals surface area (Å²) in [6.45, 7) is 1.74. The van der Waals surface area contributed by atoms with E-state index in [1.54, 1.807) is 12.1 Å². The maximum absolute atomic E-state index is 11.5. The lowest BCUT2D eigenvalue weighted by Crippen LogP contribution is -2.05. The van der Waals surface area contributed by atoms with Gasteiger partial charge in [-0.15, -0.1) is 0 Å². The van der Waals surface area contributed by atoms with Gasteiger partial charge in [0.25, 0.3) is 0 Å². The van der Waals surface area contributed by atoms with Gasteiger partial charge in [0.15, 0.2) is 34.9 Å². The quantitative estimate of drug-likeness (QED) is 0.120. The third-order valence-electron chi connectivity index (χ3n) is 7.98. The van der Waals surface area contributed by atoms with E-state index in [1.807, 2.05) is 126 Å². The highest BCUT2D eigenvalue weighted by Crippen LogP contribution is 2.30. The van der Waals surface area contributed by atoms with Gasteiger partial charge in [-0.2, -0.15) is 15.3 Å². The zero-order valence-corrected chi connectivity index (χ0v) is 26.9. The van der Waals surface area contributed by atoms with Crippen molar-refractivity contribution < 1.29 is 9.53 Å². The molecule has 0 saturated heterocycles. The minimum Gasteiger partial charge on any atom is -0.427 e. The molecule has 0 radical (unpaired) electrons. The molecular formula is C39H29N9O2. The van der Waals surface area contributed by atoms with Crippen molar-refractivity contribution in [3.63, 3.8) is 0 Å². The molecular weight excluding hydrogens is 626 g/mol. The van der Waals surface area contributed by atoms with E-state index in [9.17, 15) is 4.79 Å². The molecule has 0 fully saturated rings. The highest BCUT2D eigenvalue weighted by molar-refractivity contribution is 5.71. The number of H-pyrrole nitrogens is 2. The SMILES string of the molecule is CC(=O)Oc1ccc(-c2nc(-c3ccccc3)nn2Cc2cc(-c3n[nH]c(-c4ccccc4)n3)cc(-c3n[nH]c(-c4ccccc4)n3)c2)cc1. The first kappa shape index (κ1) is 30.3. The van der Waals surface area contributed by atoms with Gasteiger partial charge in [-0.25, -0.2) is 19.6 Å².